The monoisotopic (exact) mass is 364 g/mol. The normalized spacial score (nSPS) is 17.2. The van der Waals surface area contributed by atoms with Crippen molar-refractivity contribution in [3.8, 4) is 17.2 Å². The zero-order valence-corrected chi connectivity index (χ0v) is 15.1. The summed E-state index contributed by atoms with van der Waals surface area (Å²) in [5, 5.41) is 11.5. The molecule has 1 saturated heterocycles. The molecule has 0 spiro atoms. The molecular formula is C16H20N4O4S. The van der Waals surface area contributed by atoms with Gasteiger partial charge in [-0.2, -0.15) is 14.9 Å². The van der Waals surface area contributed by atoms with Crippen LogP contribution in [0.2, 0.25) is 0 Å². The molecule has 0 amide bonds. The Labute approximate surface area is 150 Å². The lowest BCUT2D eigenvalue weighted by Gasteiger charge is -2.13. The molecule has 1 aliphatic heterocycles. The SMILES string of the molecule is COc1ccc(/C=N\n2c([C@H]3CCCO3)n[nH]c2=S)c(OC)c1OC. The maximum atomic E-state index is 5.67. The van der Waals surface area contributed by atoms with Gasteiger partial charge in [0.2, 0.25) is 10.5 Å². The van der Waals surface area contributed by atoms with Gasteiger partial charge in [-0.1, -0.05) is 0 Å². The van der Waals surface area contributed by atoms with Crippen molar-refractivity contribution in [3.63, 3.8) is 0 Å². The van der Waals surface area contributed by atoms with E-state index in [1.807, 2.05) is 6.07 Å². The third-order valence-corrected chi connectivity index (χ3v) is 4.20. The first-order valence-electron chi connectivity index (χ1n) is 7.81. The van der Waals surface area contributed by atoms with Crippen LogP contribution in [0.3, 0.4) is 0 Å². The number of hydrogen-bond acceptors (Lipinski definition) is 7. The maximum absolute atomic E-state index is 5.67. The Hall–Kier alpha value is -2.39. The first kappa shape index (κ1) is 17.4. The molecular weight excluding hydrogens is 344 g/mol. The number of methoxy groups -OCH3 is 3. The van der Waals surface area contributed by atoms with Crippen LogP contribution in [0.4, 0.5) is 0 Å². The zero-order valence-electron chi connectivity index (χ0n) is 14.3. The molecule has 0 unspecified atom stereocenters. The number of nitrogens with one attached hydrogen (secondary N) is 1. The predicted octanol–water partition coefficient (Wildman–Crippen LogP) is 2.70. The third-order valence-electron chi connectivity index (χ3n) is 3.94. The summed E-state index contributed by atoms with van der Waals surface area (Å²) in [7, 11) is 4.70. The number of aromatic nitrogens is 3. The fourth-order valence-electron chi connectivity index (χ4n) is 2.75. The number of ether oxygens (including phenoxy) is 4. The van der Waals surface area contributed by atoms with Crippen LogP contribution in [-0.2, 0) is 4.74 Å². The quantitative estimate of drug-likeness (QED) is 0.627. The van der Waals surface area contributed by atoms with Crippen molar-refractivity contribution in [1.82, 2.24) is 14.9 Å². The molecule has 1 aromatic carbocycles. The summed E-state index contributed by atoms with van der Waals surface area (Å²) in [5.41, 5.74) is 0.724. The van der Waals surface area contributed by atoms with E-state index in [4.69, 9.17) is 31.2 Å². The summed E-state index contributed by atoms with van der Waals surface area (Å²) in [5.74, 6) is 2.28. The second-order valence-corrected chi connectivity index (χ2v) is 5.76. The number of hydrogen-bond donors (Lipinski definition) is 1. The maximum Gasteiger partial charge on any atom is 0.216 e. The van der Waals surface area contributed by atoms with Crippen molar-refractivity contribution in [2.45, 2.75) is 18.9 Å². The van der Waals surface area contributed by atoms with Crippen molar-refractivity contribution >= 4 is 18.4 Å². The number of H-pyrrole nitrogens is 1. The van der Waals surface area contributed by atoms with Gasteiger partial charge >= 0.3 is 0 Å². The first-order chi connectivity index (χ1) is 12.2. The standard InChI is InChI=1S/C16H20N4O4S/c1-21-11-7-6-10(13(22-2)14(11)23-3)9-17-20-15(18-19-16(20)25)12-5-4-8-24-12/h6-7,9,12H,4-5,8H2,1-3H3,(H,19,25)/b17-9-/t12-/m1/s1. The van der Waals surface area contributed by atoms with Gasteiger partial charge in [0.15, 0.2) is 17.3 Å². The van der Waals surface area contributed by atoms with Crippen LogP contribution in [0, 0.1) is 4.77 Å². The molecule has 9 heteroatoms. The highest BCUT2D eigenvalue weighted by atomic mass is 32.1. The molecule has 8 nitrogen and oxygen atoms in total. The average molecular weight is 364 g/mol. The van der Waals surface area contributed by atoms with Crippen molar-refractivity contribution in [2.75, 3.05) is 27.9 Å². The van der Waals surface area contributed by atoms with Crippen molar-refractivity contribution in [3.05, 3.63) is 28.3 Å². The molecule has 0 saturated carbocycles. The number of rotatable bonds is 6. The molecule has 0 aliphatic carbocycles. The van der Waals surface area contributed by atoms with Gasteiger partial charge in [0.05, 0.1) is 27.5 Å². The Bertz CT molecular complexity index is 824. The largest absolute Gasteiger partial charge is 0.493 e. The number of nitrogens with zero attached hydrogens (tertiary/aromatic N) is 3. The summed E-state index contributed by atoms with van der Waals surface area (Å²) in [6, 6.07) is 3.62. The van der Waals surface area contributed by atoms with E-state index in [0.29, 0.717) is 27.8 Å². The number of benzene rings is 1. The molecule has 134 valence electrons. The Kier molecular flexibility index (Phi) is 5.34. The van der Waals surface area contributed by atoms with E-state index in [1.165, 1.54) is 0 Å². The third kappa shape index (κ3) is 3.38. The molecule has 2 heterocycles. The second-order valence-electron chi connectivity index (χ2n) is 5.37. The fraction of sp³-hybridized carbons (Fsp3) is 0.438. The van der Waals surface area contributed by atoms with E-state index in [2.05, 4.69) is 15.3 Å². The lowest BCUT2D eigenvalue weighted by atomic mass is 10.2. The van der Waals surface area contributed by atoms with Gasteiger partial charge in [0, 0.05) is 12.2 Å². The topological polar surface area (TPSA) is 82.9 Å². The van der Waals surface area contributed by atoms with E-state index >= 15 is 0 Å². The lowest BCUT2D eigenvalue weighted by Crippen LogP contribution is -2.06. The lowest BCUT2D eigenvalue weighted by molar-refractivity contribution is 0.102. The predicted molar refractivity (Wildman–Crippen MR) is 94.4 cm³/mol. The Morgan fingerprint density at radius 1 is 1.28 bits per heavy atom. The molecule has 1 aromatic heterocycles. The van der Waals surface area contributed by atoms with Crippen molar-refractivity contribution < 1.29 is 18.9 Å². The molecule has 1 atom stereocenters. The highest BCUT2D eigenvalue weighted by Gasteiger charge is 2.23. The number of aromatic amines is 1. The highest BCUT2D eigenvalue weighted by Crippen LogP contribution is 2.39. The highest BCUT2D eigenvalue weighted by molar-refractivity contribution is 7.71. The van der Waals surface area contributed by atoms with Gasteiger partial charge in [-0.3, -0.25) is 5.10 Å². The minimum Gasteiger partial charge on any atom is -0.493 e. The van der Waals surface area contributed by atoms with E-state index in [-0.39, 0.29) is 6.10 Å². The zero-order chi connectivity index (χ0) is 17.8. The Morgan fingerprint density at radius 2 is 2.08 bits per heavy atom. The average Bonchev–Trinajstić information content (AvgIpc) is 3.28. The smallest absolute Gasteiger partial charge is 0.216 e. The summed E-state index contributed by atoms with van der Waals surface area (Å²) in [4.78, 5) is 0. The van der Waals surface area contributed by atoms with Crippen LogP contribution in [0.1, 0.15) is 30.3 Å². The van der Waals surface area contributed by atoms with Crippen molar-refractivity contribution in [2.24, 2.45) is 5.10 Å². The molecule has 0 bridgehead atoms. The minimum atomic E-state index is -0.0996. The van der Waals surface area contributed by atoms with Crippen LogP contribution >= 0.6 is 12.2 Å². The summed E-state index contributed by atoms with van der Waals surface area (Å²) >= 11 is 5.27. The fourth-order valence-corrected chi connectivity index (χ4v) is 2.94. The van der Waals surface area contributed by atoms with Gasteiger partial charge in [0.1, 0.15) is 6.10 Å². The van der Waals surface area contributed by atoms with Gasteiger partial charge in [-0.05, 0) is 37.2 Å². The molecule has 1 N–H and O–H groups in total. The van der Waals surface area contributed by atoms with Gasteiger partial charge < -0.3 is 18.9 Å². The minimum absolute atomic E-state index is 0.0996. The summed E-state index contributed by atoms with van der Waals surface area (Å²) in [6.45, 7) is 0.720. The first-order valence-corrected chi connectivity index (χ1v) is 8.22. The van der Waals surface area contributed by atoms with Gasteiger partial charge in [-0.15, -0.1) is 0 Å². The molecule has 1 aliphatic rings. The summed E-state index contributed by atoms with van der Waals surface area (Å²) < 4.78 is 23.8. The van der Waals surface area contributed by atoms with E-state index in [9.17, 15) is 0 Å². The molecule has 2 aromatic rings. The van der Waals surface area contributed by atoms with E-state index in [0.717, 1.165) is 25.0 Å². The second kappa shape index (κ2) is 7.66. The van der Waals surface area contributed by atoms with Crippen LogP contribution in [0.25, 0.3) is 0 Å². The summed E-state index contributed by atoms with van der Waals surface area (Å²) in [6.07, 6.45) is 3.44. The Morgan fingerprint density at radius 3 is 2.72 bits per heavy atom. The van der Waals surface area contributed by atoms with Crippen LogP contribution in [0.5, 0.6) is 17.2 Å². The van der Waals surface area contributed by atoms with Crippen LogP contribution in [-0.4, -0.2) is 49.0 Å². The van der Waals surface area contributed by atoms with Crippen LogP contribution in [0.15, 0.2) is 17.2 Å². The van der Waals surface area contributed by atoms with E-state index < -0.39 is 0 Å². The van der Waals surface area contributed by atoms with Gasteiger partial charge in [0.25, 0.3) is 0 Å². The van der Waals surface area contributed by atoms with E-state index in [1.54, 1.807) is 38.3 Å². The van der Waals surface area contributed by atoms with Crippen LogP contribution < -0.4 is 14.2 Å². The van der Waals surface area contributed by atoms with Gasteiger partial charge in [-0.25, -0.2) is 0 Å². The molecule has 1 fully saturated rings. The van der Waals surface area contributed by atoms with Crippen molar-refractivity contribution in [1.29, 1.82) is 0 Å². The molecule has 25 heavy (non-hydrogen) atoms. The Balaban J connectivity index is 1.98. The molecule has 0 radical (unpaired) electrons. The molecule has 3 rings (SSSR count).